The molecule has 158 valence electrons. The highest BCUT2D eigenvalue weighted by atomic mass is 19.1. The Balaban J connectivity index is 1.23. The second-order valence-corrected chi connectivity index (χ2v) is 11.2. The second-order valence-electron chi connectivity index (χ2n) is 11.2. The highest BCUT2D eigenvalue weighted by Crippen LogP contribution is 2.88. The Morgan fingerprint density at radius 1 is 1.13 bits per heavy atom. The number of carbonyl (C=O) groups is 1. The SMILES string of the molecule is CC1(C)OC(=O)c2c(F)ccc(C3(CB4OC56CC7CC(C75C)[C@]6(C)O4)CC3)c2O1. The average Bonchev–Trinajstić information content (AvgIpc) is 3.34. The molecule has 1 aromatic carbocycles. The van der Waals surface area contributed by atoms with Crippen LogP contribution in [0.25, 0.3) is 0 Å². The topological polar surface area (TPSA) is 54.0 Å². The second kappa shape index (κ2) is 4.75. The third-order valence-corrected chi connectivity index (χ3v) is 9.65. The Hall–Kier alpha value is -1.60. The molecule has 0 radical (unpaired) electrons. The van der Waals surface area contributed by atoms with Crippen LogP contribution in [0.1, 0.15) is 69.3 Å². The molecule has 6 aliphatic rings. The van der Waals surface area contributed by atoms with Crippen molar-refractivity contribution < 1.29 is 28.0 Å². The quantitative estimate of drug-likeness (QED) is 0.549. The minimum absolute atomic E-state index is 0.0932. The Bertz CT molecular complexity index is 1040. The molecule has 5 fully saturated rings. The first-order chi connectivity index (χ1) is 14.1. The van der Waals surface area contributed by atoms with Crippen molar-refractivity contribution in [2.24, 2.45) is 17.3 Å². The molecule has 2 aliphatic heterocycles. The highest BCUT2D eigenvalue weighted by Gasteiger charge is 2.93. The van der Waals surface area contributed by atoms with Crippen molar-refractivity contribution in [3.8, 4) is 5.75 Å². The van der Waals surface area contributed by atoms with Gasteiger partial charge in [0.2, 0.25) is 5.79 Å². The molecule has 4 aliphatic carbocycles. The molecule has 1 spiro atoms. The molecular formula is C23H26BFO5. The number of hydrogen-bond acceptors (Lipinski definition) is 5. The lowest BCUT2D eigenvalue weighted by atomic mass is 9.21. The lowest BCUT2D eigenvalue weighted by molar-refractivity contribution is -0.429. The van der Waals surface area contributed by atoms with Crippen LogP contribution in [0.3, 0.4) is 0 Å². The maximum absolute atomic E-state index is 14.5. The van der Waals surface area contributed by atoms with Crippen molar-refractivity contribution in [2.75, 3.05) is 0 Å². The molecule has 5 atom stereocenters. The van der Waals surface area contributed by atoms with Gasteiger partial charge in [0.15, 0.2) is 0 Å². The summed E-state index contributed by atoms with van der Waals surface area (Å²) < 4.78 is 39.0. The van der Waals surface area contributed by atoms with E-state index in [4.69, 9.17) is 18.8 Å². The lowest BCUT2D eigenvalue weighted by Gasteiger charge is -2.87. The number of halogens is 1. The zero-order chi connectivity index (χ0) is 20.9. The molecule has 0 amide bonds. The summed E-state index contributed by atoms with van der Waals surface area (Å²) in [7, 11) is -0.273. The van der Waals surface area contributed by atoms with Gasteiger partial charge >= 0.3 is 13.1 Å². The number of benzene rings is 1. The van der Waals surface area contributed by atoms with E-state index in [9.17, 15) is 9.18 Å². The maximum atomic E-state index is 14.5. The smallest absolute Gasteiger partial charge is 0.451 e. The van der Waals surface area contributed by atoms with Gasteiger partial charge in [-0.15, -0.1) is 0 Å². The van der Waals surface area contributed by atoms with Crippen LogP contribution in [-0.4, -0.2) is 30.1 Å². The largest absolute Gasteiger partial charge is 0.458 e. The fourth-order valence-corrected chi connectivity index (χ4v) is 7.92. The van der Waals surface area contributed by atoms with Gasteiger partial charge in [0.25, 0.3) is 0 Å². The molecular weight excluding hydrogens is 386 g/mol. The number of esters is 1. The van der Waals surface area contributed by atoms with Crippen molar-refractivity contribution in [3.63, 3.8) is 0 Å². The predicted octanol–water partition coefficient (Wildman–Crippen LogP) is 4.23. The Labute approximate surface area is 175 Å². The third kappa shape index (κ3) is 1.69. The van der Waals surface area contributed by atoms with E-state index < -0.39 is 17.6 Å². The minimum atomic E-state index is -1.12. The minimum Gasteiger partial charge on any atom is -0.451 e. The summed E-state index contributed by atoms with van der Waals surface area (Å²) in [6.45, 7) is 7.95. The Morgan fingerprint density at radius 3 is 2.53 bits per heavy atom. The predicted molar refractivity (Wildman–Crippen MR) is 106 cm³/mol. The zero-order valence-corrected chi connectivity index (χ0v) is 17.8. The first-order valence-corrected chi connectivity index (χ1v) is 11.2. The Morgan fingerprint density at radius 2 is 1.90 bits per heavy atom. The van der Waals surface area contributed by atoms with Gasteiger partial charge in [-0.1, -0.05) is 13.0 Å². The summed E-state index contributed by atoms with van der Waals surface area (Å²) in [6, 6.07) is 3.12. The number of fused-ring (bicyclic) bond motifs is 2. The van der Waals surface area contributed by atoms with Crippen molar-refractivity contribution in [1.29, 1.82) is 0 Å². The fraction of sp³-hybridized carbons (Fsp3) is 0.696. The monoisotopic (exact) mass is 412 g/mol. The number of carbonyl (C=O) groups excluding carboxylic acids is 1. The molecule has 30 heavy (non-hydrogen) atoms. The molecule has 0 aromatic heterocycles. The van der Waals surface area contributed by atoms with Crippen molar-refractivity contribution in [1.82, 2.24) is 0 Å². The summed E-state index contributed by atoms with van der Waals surface area (Å²) in [5.41, 5.74) is 0.554. The van der Waals surface area contributed by atoms with Crippen LogP contribution in [0.4, 0.5) is 4.39 Å². The third-order valence-electron chi connectivity index (χ3n) is 9.65. The molecule has 0 bridgehead atoms. The summed E-state index contributed by atoms with van der Waals surface area (Å²) >= 11 is 0. The van der Waals surface area contributed by atoms with E-state index in [1.807, 2.05) is 0 Å². The molecule has 7 rings (SSSR count). The standard InChI is InChI=1S/C23H26BFO5/c1-19(2)27-17-13(5-6-14(25)16(17)18(26)28-19)22(7-8-22)11-24-29-21(4)15-9-12-10-23(21,30-24)20(12,15)3/h5-6,12,15H,7-11H2,1-4H3/t12?,15?,20?,21-,23?/m0/s1. The van der Waals surface area contributed by atoms with E-state index in [1.54, 1.807) is 19.9 Å². The van der Waals surface area contributed by atoms with Crippen molar-refractivity contribution >= 4 is 13.1 Å². The number of hydrogen-bond donors (Lipinski definition) is 0. The molecule has 0 N–H and O–H groups in total. The summed E-state index contributed by atoms with van der Waals surface area (Å²) in [5, 5.41) is 0. The normalized spacial score (nSPS) is 45.0. The van der Waals surface area contributed by atoms with Gasteiger partial charge in [-0.3, -0.25) is 0 Å². The Kier molecular flexibility index (Phi) is 2.86. The van der Waals surface area contributed by atoms with Crippen molar-refractivity contribution in [3.05, 3.63) is 29.1 Å². The van der Waals surface area contributed by atoms with Gasteiger partial charge in [0.05, 0.1) is 11.2 Å². The van der Waals surface area contributed by atoms with Gasteiger partial charge in [-0.2, -0.15) is 0 Å². The van der Waals surface area contributed by atoms with Crippen LogP contribution in [0, 0.1) is 23.1 Å². The van der Waals surface area contributed by atoms with E-state index in [-0.39, 0.29) is 29.3 Å². The molecule has 7 heteroatoms. The first kappa shape index (κ1) is 18.0. The van der Waals surface area contributed by atoms with Gasteiger partial charge < -0.3 is 18.8 Å². The molecule has 1 saturated heterocycles. The fourth-order valence-electron chi connectivity index (χ4n) is 7.92. The van der Waals surface area contributed by atoms with Crippen LogP contribution in [0.2, 0.25) is 6.32 Å². The summed E-state index contributed by atoms with van der Waals surface area (Å²) in [5.74, 6) is -0.675. The van der Waals surface area contributed by atoms with Gasteiger partial charge in [0.1, 0.15) is 17.1 Å². The molecule has 5 nitrogen and oxygen atoms in total. The molecule has 1 aromatic rings. The van der Waals surface area contributed by atoms with Crippen LogP contribution in [-0.2, 0) is 19.5 Å². The molecule has 4 unspecified atom stereocenters. The van der Waals surface area contributed by atoms with Gasteiger partial charge in [0, 0.05) is 24.8 Å². The van der Waals surface area contributed by atoms with E-state index >= 15 is 0 Å². The maximum Gasteiger partial charge on any atom is 0.458 e. The van der Waals surface area contributed by atoms with Gasteiger partial charge in [-0.25, -0.2) is 9.18 Å². The van der Waals surface area contributed by atoms with Crippen LogP contribution < -0.4 is 4.74 Å². The number of cyclic esters (lactones) is 1. The van der Waals surface area contributed by atoms with E-state index in [1.165, 1.54) is 12.5 Å². The van der Waals surface area contributed by atoms with E-state index in [0.717, 1.165) is 30.7 Å². The molecule has 4 saturated carbocycles. The number of rotatable bonds is 3. The van der Waals surface area contributed by atoms with Crippen LogP contribution in [0.5, 0.6) is 5.75 Å². The molecule has 2 heterocycles. The van der Waals surface area contributed by atoms with Crippen molar-refractivity contribution in [2.45, 2.75) is 82.1 Å². The lowest BCUT2D eigenvalue weighted by Crippen LogP contribution is -2.92. The summed E-state index contributed by atoms with van der Waals surface area (Å²) in [6.07, 6.45) is 4.95. The van der Waals surface area contributed by atoms with E-state index in [0.29, 0.717) is 23.4 Å². The first-order valence-electron chi connectivity index (χ1n) is 11.2. The average molecular weight is 412 g/mol. The van der Waals surface area contributed by atoms with Crippen LogP contribution in [0.15, 0.2) is 12.1 Å². The summed E-state index contributed by atoms with van der Waals surface area (Å²) in [4.78, 5) is 12.5. The number of ether oxygens (including phenoxy) is 2. The highest BCUT2D eigenvalue weighted by molar-refractivity contribution is 6.46. The van der Waals surface area contributed by atoms with E-state index in [2.05, 4.69) is 13.8 Å². The zero-order valence-electron chi connectivity index (χ0n) is 17.8. The van der Waals surface area contributed by atoms with Gasteiger partial charge in [-0.05, 0) is 62.2 Å². The van der Waals surface area contributed by atoms with Crippen LogP contribution >= 0.6 is 0 Å².